The normalized spacial score (nSPS) is 21.2. The molecular formula is C14H19N3O2. The van der Waals surface area contributed by atoms with Crippen molar-refractivity contribution in [2.45, 2.75) is 18.9 Å². The first-order chi connectivity index (χ1) is 9.28. The Morgan fingerprint density at radius 1 is 1.47 bits per heavy atom. The summed E-state index contributed by atoms with van der Waals surface area (Å²) in [5, 5.41) is 3.03. The van der Waals surface area contributed by atoms with Crippen LogP contribution in [-0.4, -0.2) is 37.2 Å². The molecule has 0 saturated carbocycles. The van der Waals surface area contributed by atoms with E-state index in [9.17, 15) is 4.79 Å². The zero-order valence-electron chi connectivity index (χ0n) is 10.9. The number of hydrogen-bond acceptors (Lipinski definition) is 3. The first kappa shape index (κ1) is 12.3. The molecule has 1 fully saturated rings. The summed E-state index contributed by atoms with van der Waals surface area (Å²) in [6.45, 7) is 2.83. The Morgan fingerprint density at radius 2 is 2.37 bits per heavy atom. The summed E-state index contributed by atoms with van der Waals surface area (Å²) in [6.07, 6.45) is 1.80. The van der Waals surface area contributed by atoms with Crippen LogP contribution < -0.4 is 15.8 Å². The molecule has 19 heavy (non-hydrogen) atoms. The molecule has 5 heteroatoms. The maximum atomic E-state index is 11.8. The van der Waals surface area contributed by atoms with E-state index in [4.69, 9.17) is 10.5 Å². The van der Waals surface area contributed by atoms with Crippen LogP contribution in [0.25, 0.3) is 0 Å². The van der Waals surface area contributed by atoms with E-state index in [2.05, 4.69) is 11.4 Å². The molecule has 1 atom stereocenters. The second-order valence-electron chi connectivity index (χ2n) is 5.06. The van der Waals surface area contributed by atoms with Crippen LogP contribution in [-0.2, 0) is 6.42 Å². The Bertz CT molecular complexity index is 490. The molecule has 1 unspecified atom stereocenters. The Kier molecular flexibility index (Phi) is 3.29. The smallest absolute Gasteiger partial charge is 0.318 e. The SMILES string of the molecule is NCCCN1CC(c2ccc3c(c2)CCO3)NC1=O. The number of nitrogens with one attached hydrogen (secondary N) is 1. The van der Waals surface area contributed by atoms with E-state index in [1.807, 2.05) is 17.0 Å². The second kappa shape index (κ2) is 5.09. The summed E-state index contributed by atoms with van der Waals surface area (Å²) < 4.78 is 5.50. The first-order valence-corrected chi connectivity index (χ1v) is 6.79. The van der Waals surface area contributed by atoms with Crippen molar-refractivity contribution in [2.24, 2.45) is 5.73 Å². The standard InChI is InChI=1S/C14H19N3O2/c15-5-1-6-17-9-12(16-14(17)18)10-2-3-13-11(8-10)4-7-19-13/h2-3,8,12H,1,4-7,9,15H2,(H,16,18). The molecule has 0 spiro atoms. The fourth-order valence-corrected chi connectivity index (χ4v) is 2.68. The van der Waals surface area contributed by atoms with Gasteiger partial charge < -0.3 is 20.7 Å². The number of nitrogens with zero attached hydrogens (tertiary/aromatic N) is 1. The summed E-state index contributed by atoms with van der Waals surface area (Å²) >= 11 is 0. The molecule has 0 aliphatic carbocycles. The van der Waals surface area contributed by atoms with Gasteiger partial charge in [-0.05, 0) is 36.2 Å². The van der Waals surface area contributed by atoms with Crippen molar-refractivity contribution in [3.05, 3.63) is 29.3 Å². The van der Waals surface area contributed by atoms with Crippen molar-refractivity contribution in [1.29, 1.82) is 0 Å². The molecule has 3 N–H and O–H groups in total. The van der Waals surface area contributed by atoms with Gasteiger partial charge in [-0.25, -0.2) is 4.79 Å². The van der Waals surface area contributed by atoms with Gasteiger partial charge in [-0.15, -0.1) is 0 Å². The van der Waals surface area contributed by atoms with Crippen molar-refractivity contribution in [1.82, 2.24) is 10.2 Å². The van der Waals surface area contributed by atoms with Crippen LogP contribution in [0.2, 0.25) is 0 Å². The number of carbonyl (C=O) groups is 1. The topological polar surface area (TPSA) is 67.6 Å². The van der Waals surface area contributed by atoms with Gasteiger partial charge in [0, 0.05) is 19.5 Å². The van der Waals surface area contributed by atoms with Gasteiger partial charge in [-0.2, -0.15) is 0 Å². The van der Waals surface area contributed by atoms with Gasteiger partial charge in [0.15, 0.2) is 0 Å². The van der Waals surface area contributed by atoms with E-state index in [-0.39, 0.29) is 12.1 Å². The average Bonchev–Trinajstić information content (AvgIpc) is 3.02. The second-order valence-corrected chi connectivity index (χ2v) is 5.06. The maximum Gasteiger partial charge on any atom is 0.318 e. The number of nitrogens with two attached hydrogens (primary N) is 1. The van der Waals surface area contributed by atoms with E-state index >= 15 is 0 Å². The Hall–Kier alpha value is -1.75. The third-order valence-electron chi connectivity index (χ3n) is 3.74. The zero-order valence-corrected chi connectivity index (χ0v) is 10.9. The highest BCUT2D eigenvalue weighted by Gasteiger charge is 2.29. The van der Waals surface area contributed by atoms with Crippen LogP contribution in [0.15, 0.2) is 18.2 Å². The number of rotatable bonds is 4. The van der Waals surface area contributed by atoms with Crippen molar-refractivity contribution in [3.63, 3.8) is 0 Å². The highest BCUT2D eigenvalue weighted by Crippen LogP contribution is 2.29. The predicted octanol–water partition coefficient (Wildman–Crippen LogP) is 1.04. The number of hydrogen-bond donors (Lipinski definition) is 2. The predicted molar refractivity (Wildman–Crippen MR) is 72.2 cm³/mol. The molecule has 3 rings (SSSR count). The van der Waals surface area contributed by atoms with Crippen LogP contribution in [0, 0.1) is 0 Å². The molecule has 1 aromatic carbocycles. The summed E-state index contributed by atoms with van der Waals surface area (Å²) in [4.78, 5) is 13.7. The molecular weight excluding hydrogens is 242 g/mol. The lowest BCUT2D eigenvalue weighted by atomic mass is 10.0. The lowest BCUT2D eigenvalue weighted by Gasteiger charge is -2.14. The number of ether oxygens (including phenoxy) is 1. The number of carbonyl (C=O) groups excluding carboxylic acids is 1. The number of amides is 2. The number of urea groups is 1. The van der Waals surface area contributed by atoms with Crippen molar-refractivity contribution in [3.8, 4) is 5.75 Å². The Balaban J connectivity index is 1.71. The Morgan fingerprint density at radius 3 is 3.21 bits per heavy atom. The van der Waals surface area contributed by atoms with E-state index in [1.54, 1.807) is 0 Å². The van der Waals surface area contributed by atoms with Crippen LogP contribution in [0.5, 0.6) is 5.75 Å². The van der Waals surface area contributed by atoms with Crippen LogP contribution >= 0.6 is 0 Å². The monoisotopic (exact) mass is 261 g/mol. The van der Waals surface area contributed by atoms with Gasteiger partial charge in [0.1, 0.15) is 5.75 Å². The van der Waals surface area contributed by atoms with Gasteiger partial charge in [-0.3, -0.25) is 0 Å². The van der Waals surface area contributed by atoms with Crippen LogP contribution in [0.3, 0.4) is 0 Å². The number of benzene rings is 1. The molecule has 0 aromatic heterocycles. The summed E-state index contributed by atoms with van der Waals surface area (Å²) in [6, 6.07) is 6.29. The summed E-state index contributed by atoms with van der Waals surface area (Å²) in [7, 11) is 0. The van der Waals surface area contributed by atoms with Crippen molar-refractivity contribution < 1.29 is 9.53 Å². The summed E-state index contributed by atoms with van der Waals surface area (Å²) in [5.41, 5.74) is 7.89. The van der Waals surface area contributed by atoms with E-state index < -0.39 is 0 Å². The molecule has 0 bridgehead atoms. The molecule has 5 nitrogen and oxygen atoms in total. The average molecular weight is 261 g/mol. The minimum Gasteiger partial charge on any atom is -0.493 e. The molecule has 1 aromatic rings. The largest absolute Gasteiger partial charge is 0.493 e. The van der Waals surface area contributed by atoms with Crippen LogP contribution in [0.4, 0.5) is 4.79 Å². The maximum absolute atomic E-state index is 11.8. The summed E-state index contributed by atoms with van der Waals surface area (Å²) in [5.74, 6) is 0.980. The van der Waals surface area contributed by atoms with Crippen molar-refractivity contribution >= 4 is 6.03 Å². The molecule has 0 radical (unpaired) electrons. The fraction of sp³-hybridized carbons (Fsp3) is 0.500. The first-order valence-electron chi connectivity index (χ1n) is 6.79. The van der Waals surface area contributed by atoms with E-state index in [1.165, 1.54) is 5.56 Å². The lowest BCUT2D eigenvalue weighted by molar-refractivity contribution is 0.217. The van der Waals surface area contributed by atoms with E-state index in [0.717, 1.165) is 43.9 Å². The highest BCUT2D eigenvalue weighted by atomic mass is 16.5. The molecule has 102 valence electrons. The third kappa shape index (κ3) is 2.38. The fourth-order valence-electron chi connectivity index (χ4n) is 2.68. The van der Waals surface area contributed by atoms with Crippen molar-refractivity contribution in [2.75, 3.05) is 26.2 Å². The van der Waals surface area contributed by atoms with E-state index in [0.29, 0.717) is 6.54 Å². The quantitative estimate of drug-likeness (QED) is 0.851. The minimum absolute atomic E-state index is 0.00944. The lowest BCUT2D eigenvalue weighted by Crippen LogP contribution is -2.30. The third-order valence-corrected chi connectivity index (χ3v) is 3.74. The molecule has 2 amide bonds. The van der Waals surface area contributed by atoms with Crippen LogP contribution in [0.1, 0.15) is 23.6 Å². The van der Waals surface area contributed by atoms with Gasteiger partial charge in [0.2, 0.25) is 0 Å². The Labute approximate surface area is 112 Å². The highest BCUT2D eigenvalue weighted by molar-refractivity contribution is 5.77. The van der Waals surface area contributed by atoms with Gasteiger partial charge in [-0.1, -0.05) is 6.07 Å². The molecule has 2 aliphatic heterocycles. The van der Waals surface area contributed by atoms with Gasteiger partial charge in [0.05, 0.1) is 12.6 Å². The minimum atomic E-state index is 0.00944. The molecule has 2 heterocycles. The number of fused-ring (bicyclic) bond motifs is 1. The van der Waals surface area contributed by atoms with Gasteiger partial charge >= 0.3 is 6.03 Å². The molecule has 2 aliphatic rings. The molecule has 1 saturated heterocycles. The van der Waals surface area contributed by atoms with Gasteiger partial charge in [0.25, 0.3) is 0 Å². The zero-order chi connectivity index (χ0) is 13.2.